The van der Waals surface area contributed by atoms with Crippen LogP contribution in [0.1, 0.15) is 47.5 Å². The molecule has 0 aliphatic heterocycles. The number of rotatable bonds is 8. The van der Waals surface area contributed by atoms with E-state index in [1.54, 1.807) is 25.6 Å². The van der Waals surface area contributed by atoms with Crippen LogP contribution in [0.2, 0.25) is 0 Å². The first-order chi connectivity index (χ1) is 13.4. The Morgan fingerprint density at radius 3 is 2.69 bits per heavy atom. The fourth-order valence-electron chi connectivity index (χ4n) is 2.85. The molecule has 0 aliphatic rings. The lowest BCUT2D eigenvalue weighted by Crippen LogP contribution is -2.38. The number of aromatic nitrogens is 2. The minimum atomic E-state index is 0. The molecule has 2 heterocycles. The van der Waals surface area contributed by atoms with Crippen molar-refractivity contribution >= 4 is 41.3 Å². The summed E-state index contributed by atoms with van der Waals surface area (Å²) in [7, 11) is 5.40. The van der Waals surface area contributed by atoms with Crippen molar-refractivity contribution in [3.05, 3.63) is 39.1 Å². The number of halogens is 1. The molecule has 9 heteroatoms. The maximum Gasteiger partial charge on any atom is 0.194 e. The van der Waals surface area contributed by atoms with Gasteiger partial charge in [-0.15, -0.1) is 35.3 Å². The Hall–Kier alpha value is -1.46. The van der Waals surface area contributed by atoms with Crippen LogP contribution in [0, 0.1) is 13.8 Å². The molecule has 0 spiro atoms. The number of aliphatic imine (C=N–C) groups is 1. The molecule has 2 aromatic heterocycles. The molecule has 0 saturated heterocycles. The number of thiazole rings is 1. The van der Waals surface area contributed by atoms with Gasteiger partial charge in [0.15, 0.2) is 5.96 Å². The third kappa shape index (κ3) is 6.78. The van der Waals surface area contributed by atoms with Crippen LogP contribution in [-0.2, 0) is 17.8 Å². The van der Waals surface area contributed by atoms with Crippen LogP contribution in [0.5, 0.6) is 5.75 Å². The SMILES string of the molecule is CCNC(=NCc1ncc(C)c(OC)c1C)N(C)Cc1csc(C(C)OC)n1.I. The summed E-state index contributed by atoms with van der Waals surface area (Å²) in [5, 5.41) is 6.40. The van der Waals surface area contributed by atoms with Crippen LogP contribution in [0.25, 0.3) is 0 Å². The van der Waals surface area contributed by atoms with Crippen molar-refractivity contribution in [2.24, 2.45) is 4.99 Å². The van der Waals surface area contributed by atoms with E-state index in [1.807, 2.05) is 34.0 Å². The van der Waals surface area contributed by atoms with E-state index >= 15 is 0 Å². The first kappa shape index (κ1) is 25.6. The van der Waals surface area contributed by atoms with E-state index in [0.29, 0.717) is 13.1 Å². The number of nitrogens with zero attached hydrogens (tertiary/aromatic N) is 4. The molecule has 2 rings (SSSR count). The second kappa shape index (κ2) is 12.3. The van der Waals surface area contributed by atoms with E-state index in [9.17, 15) is 0 Å². The Labute approximate surface area is 195 Å². The van der Waals surface area contributed by atoms with Crippen LogP contribution in [0.3, 0.4) is 0 Å². The normalized spacial score (nSPS) is 12.3. The van der Waals surface area contributed by atoms with E-state index in [0.717, 1.165) is 45.8 Å². The first-order valence-corrected chi connectivity index (χ1v) is 10.2. The number of hydrogen-bond donors (Lipinski definition) is 1. The van der Waals surface area contributed by atoms with Crippen LogP contribution < -0.4 is 10.1 Å². The molecule has 2 aromatic rings. The highest BCUT2D eigenvalue weighted by Crippen LogP contribution is 2.24. The highest BCUT2D eigenvalue weighted by atomic mass is 127. The Morgan fingerprint density at radius 2 is 2.07 bits per heavy atom. The predicted octanol–water partition coefficient (Wildman–Crippen LogP) is 4.09. The number of nitrogens with one attached hydrogen (secondary N) is 1. The topological polar surface area (TPSA) is 71.9 Å². The molecule has 0 bridgehead atoms. The number of aryl methyl sites for hydroxylation is 1. The number of pyridine rings is 1. The van der Waals surface area contributed by atoms with Crippen molar-refractivity contribution in [1.82, 2.24) is 20.2 Å². The van der Waals surface area contributed by atoms with Crippen molar-refractivity contribution in [1.29, 1.82) is 0 Å². The maximum atomic E-state index is 5.50. The molecule has 0 amide bonds. The minimum Gasteiger partial charge on any atom is -0.496 e. The van der Waals surface area contributed by atoms with Gasteiger partial charge in [-0.05, 0) is 27.7 Å². The monoisotopic (exact) mass is 533 g/mol. The molecule has 0 radical (unpaired) electrons. The van der Waals surface area contributed by atoms with Crippen LogP contribution in [0.4, 0.5) is 0 Å². The van der Waals surface area contributed by atoms with Gasteiger partial charge < -0.3 is 19.7 Å². The minimum absolute atomic E-state index is 0. The van der Waals surface area contributed by atoms with Gasteiger partial charge in [-0.2, -0.15) is 0 Å². The van der Waals surface area contributed by atoms with Gasteiger partial charge in [0, 0.05) is 43.4 Å². The fraction of sp³-hybridized carbons (Fsp3) is 0.550. The lowest BCUT2D eigenvalue weighted by molar-refractivity contribution is 0.119. The van der Waals surface area contributed by atoms with Gasteiger partial charge in [0.05, 0.1) is 31.6 Å². The summed E-state index contributed by atoms with van der Waals surface area (Å²) < 4.78 is 10.8. The lowest BCUT2D eigenvalue weighted by atomic mass is 10.1. The summed E-state index contributed by atoms with van der Waals surface area (Å²) in [6.07, 6.45) is 1.85. The Morgan fingerprint density at radius 1 is 1.34 bits per heavy atom. The highest BCUT2D eigenvalue weighted by molar-refractivity contribution is 14.0. The number of hydrogen-bond acceptors (Lipinski definition) is 6. The third-order valence-electron chi connectivity index (χ3n) is 4.49. The molecule has 1 unspecified atom stereocenters. The van der Waals surface area contributed by atoms with Gasteiger partial charge in [0.25, 0.3) is 0 Å². The molecular formula is C20H32IN5O2S. The van der Waals surface area contributed by atoms with Gasteiger partial charge >= 0.3 is 0 Å². The van der Waals surface area contributed by atoms with E-state index in [4.69, 9.17) is 14.5 Å². The Bertz CT molecular complexity index is 812. The van der Waals surface area contributed by atoms with Crippen molar-refractivity contribution in [3.8, 4) is 5.75 Å². The second-order valence-electron chi connectivity index (χ2n) is 6.63. The average molecular weight is 533 g/mol. The summed E-state index contributed by atoms with van der Waals surface area (Å²) in [6, 6.07) is 0. The maximum absolute atomic E-state index is 5.50. The average Bonchev–Trinajstić information content (AvgIpc) is 3.14. The van der Waals surface area contributed by atoms with Crippen molar-refractivity contribution in [2.75, 3.05) is 27.8 Å². The molecule has 0 saturated carbocycles. The molecule has 29 heavy (non-hydrogen) atoms. The van der Waals surface area contributed by atoms with E-state index in [-0.39, 0.29) is 30.1 Å². The zero-order valence-electron chi connectivity index (χ0n) is 18.3. The Balaban J connectivity index is 0.00000420. The highest BCUT2D eigenvalue weighted by Gasteiger charge is 2.14. The summed E-state index contributed by atoms with van der Waals surface area (Å²) in [5.41, 5.74) is 3.98. The molecule has 1 N–H and O–H groups in total. The van der Waals surface area contributed by atoms with Crippen molar-refractivity contribution in [3.63, 3.8) is 0 Å². The smallest absolute Gasteiger partial charge is 0.194 e. The largest absolute Gasteiger partial charge is 0.496 e. The van der Waals surface area contributed by atoms with Gasteiger partial charge in [-0.25, -0.2) is 9.98 Å². The van der Waals surface area contributed by atoms with Gasteiger partial charge in [-0.1, -0.05) is 0 Å². The Kier molecular flexibility index (Phi) is 10.8. The first-order valence-electron chi connectivity index (χ1n) is 9.36. The zero-order valence-corrected chi connectivity index (χ0v) is 21.4. The molecule has 162 valence electrons. The van der Waals surface area contributed by atoms with E-state index < -0.39 is 0 Å². The predicted molar refractivity (Wildman–Crippen MR) is 129 cm³/mol. The van der Waals surface area contributed by atoms with Gasteiger partial charge in [0.2, 0.25) is 0 Å². The molecule has 7 nitrogen and oxygen atoms in total. The summed E-state index contributed by atoms with van der Waals surface area (Å²) in [6.45, 7) is 10.0. The summed E-state index contributed by atoms with van der Waals surface area (Å²) in [5.74, 6) is 1.69. The van der Waals surface area contributed by atoms with Crippen LogP contribution >= 0.6 is 35.3 Å². The van der Waals surface area contributed by atoms with Crippen molar-refractivity contribution < 1.29 is 9.47 Å². The standard InChI is InChI=1S/C20H31N5O2S.HI/c1-8-21-20(23-10-17-14(3)18(27-7)13(2)9-22-17)25(5)11-16-12-28-19(24-16)15(4)26-6;/h9,12,15H,8,10-11H2,1-7H3,(H,21,23);1H. The zero-order chi connectivity index (χ0) is 20.7. The molecular weight excluding hydrogens is 501 g/mol. The molecule has 0 aromatic carbocycles. The number of ether oxygens (including phenoxy) is 2. The second-order valence-corrected chi connectivity index (χ2v) is 7.52. The summed E-state index contributed by atoms with van der Waals surface area (Å²) in [4.78, 5) is 16.0. The van der Waals surface area contributed by atoms with Crippen LogP contribution in [0.15, 0.2) is 16.6 Å². The quantitative estimate of drug-likeness (QED) is 0.313. The summed E-state index contributed by atoms with van der Waals surface area (Å²) >= 11 is 1.62. The van der Waals surface area contributed by atoms with E-state index in [1.165, 1.54) is 0 Å². The van der Waals surface area contributed by atoms with Gasteiger partial charge in [0.1, 0.15) is 16.9 Å². The molecule has 0 fully saturated rings. The molecule has 1 atom stereocenters. The lowest BCUT2D eigenvalue weighted by Gasteiger charge is -2.21. The number of methoxy groups -OCH3 is 2. The van der Waals surface area contributed by atoms with Crippen molar-refractivity contribution in [2.45, 2.75) is 46.9 Å². The fourth-order valence-corrected chi connectivity index (χ4v) is 3.69. The van der Waals surface area contributed by atoms with Gasteiger partial charge in [-0.3, -0.25) is 4.98 Å². The van der Waals surface area contributed by atoms with E-state index in [2.05, 4.69) is 32.5 Å². The third-order valence-corrected chi connectivity index (χ3v) is 5.55. The number of guanidine groups is 1. The van der Waals surface area contributed by atoms with Crippen LogP contribution in [-0.4, -0.2) is 48.6 Å². The molecule has 0 aliphatic carbocycles.